The molecule has 2 aromatic heterocycles. The Morgan fingerprint density at radius 2 is 2.00 bits per heavy atom. The summed E-state index contributed by atoms with van der Waals surface area (Å²) in [6.07, 6.45) is 4.91. The molecule has 0 unspecified atom stereocenters. The van der Waals surface area contributed by atoms with Gasteiger partial charge >= 0.3 is 5.97 Å². The molecule has 0 bridgehead atoms. The number of hydrogen-bond acceptors (Lipinski definition) is 5. The molecule has 0 N–H and O–H groups in total. The Balaban J connectivity index is 2.10. The van der Waals surface area contributed by atoms with Gasteiger partial charge in [-0.25, -0.2) is 9.48 Å². The minimum Gasteiger partial charge on any atom is -0.461 e. The van der Waals surface area contributed by atoms with Gasteiger partial charge in [0.05, 0.1) is 23.6 Å². The van der Waals surface area contributed by atoms with Crippen LogP contribution in [0.4, 0.5) is 0 Å². The predicted molar refractivity (Wildman–Crippen MR) is 97.2 cm³/mol. The van der Waals surface area contributed by atoms with Gasteiger partial charge in [-0.1, -0.05) is 24.3 Å². The molecule has 128 valence electrons. The fourth-order valence-electron chi connectivity index (χ4n) is 2.41. The summed E-state index contributed by atoms with van der Waals surface area (Å²) >= 11 is 0. The summed E-state index contributed by atoms with van der Waals surface area (Å²) in [6, 6.07) is 16.8. The number of carbonyl (C=O) groups is 1. The van der Waals surface area contributed by atoms with E-state index in [0.717, 1.165) is 5.69 Å². The molecule has 3 rings (SSSR count). The first-order valence-electron chi connectivity index (χ1n) is 8.08. The van der Waals surface area contributed by atoms with Crippen molar-refractivity contribution in [1.82, 2.24) is 14.8 Å². The number of hydrogen-bond donors (Lipinski definition) is 0. The molecule has 0 aliphatic rings. The average molecular weight is 344 g/mol. The minimum absolute atomic E-state index is 0.152. The Morgan fingerprint density at radius 1 is 1.23 bits per heavy atom. The number of nitriles is 1. The largest absolute Gasteiger partial charge is 0.461 e. The first kappa shape index (κ1) is 17.1. The number of carbonyl (C=O) groups excluding carboxylic acids is 1. The molecule has 0 aliphatic carbocycles. The zero-order valence-electron chi connectivity index (χ0n) is 14.2. The lowest BCUT2D eigenvalue weighted by molar-refractivity contribution is 0.0518. The summed E-state index contributed by atoms with van der Waals surface area (Å²) in [7, 11) is 0. The van der Waals surface area contributed by atoms with Crippen LogP contribution in [-0.2, 0) is 4.74 Å². The van der Waals surface area contributed by atoms with Crippen molar-refractivity contribution in [2.75, 3.05) is 6.61 Å². The highest BCUT2D eigenvalue weighted by atomic mass is 16.5. The van der Waals surface area contributed by atoms with Crippen molar-refractivity contribution < 1.29 is 9.53 Å². The maximum atomic E-state index is 12.3. The third-order valence-electron chi connectivity index (χ3n) is 3.59. The van der Waals surface area contributed by atoms with Crippen LogP contribution in [0.2, 0.25) is 0 Å². The zero-order chi connectivity index (χ0) is 18.4. The smallest absolute Gasteiger partial charge is 0.359 e. The third-order valence-corrected chi connectivity index (χ3v) is 3.59. The maximum Gasteiger partial charge on any atom is 0.359 e. The van der Waals surface area contributed by atoms with E-state index in [-0.39, 0.29) is 12.3 Å². The molecule has 0 fully saturated rings. The molecule has 0 spiro atoms. The van der Waals surface area contributed by atoms with Crippen LogP contribution in [0, 0.1) is 11.3 Å². The number of esters is 1. The fourth-order valence-corrected chi connectivity index (χ4v) is 2.41. The van der Waals surface area contributed by atoms with Crippen molar-refractivity contribution in [1.29, 1.82) is 5.26 Å². The second-order valence-electron chi connectivity index (χ2n) is 5.32. The highest BCUT2D eigenvalue weighted by Gasteiger charge is 2.18. The highest BCUT2D eigenvalue weighted by Crippen LogP contribution is 2.20. The number of rotatable bonds is 5. The van der Waals surface area contributed by atoms with Crippen LogP contribution < -0.4 is 0 Å². The number of ether oxygens (including phenoxy) is 1. The molecule has 0 radical (unpaired) electrons. The SMILES string of the molecule is CCOC(=O)c1nn(-c2ccccc2)cc1/C=C(/C#N)c1ccccn1. The Hall–Kier alpha value is -3.72. The Kier molecular flexibility index (Phi) is 5.20. The molecule has 26 heavy (non-hydrogen) atoms. The summed E-state index contributed by atoms with van der Waals surface area (Å²) in [4.78, 5) is 16.5. The van der Waals surface area contributed by atoms with Crippen LogP contribution in [0.15, 0.2) is 60.9 Å². The van der Waals surface area contributed by atoms with Crippen LogP contribution in [-0.4, -0.2) is 27.3 Å². The summed E-state index contributed by atoms with van der Waals surface area (Å²) in [6.45, 7) is 1.97. The molecule has 0 atom stereocenters. The van der Waals surface area contributed by atoms with E-state index in [1.165, 1.54) is 0 Å². The molecule has 0 aliphatic heterocycles. The van der Waals surface area contributed by atoms with Gasteiger partial charge in [0.1, 0.15) is 6.07 Å². The van der Waals surface area contributed by atoms with E-state index in [4.69, 9.17) is 4.74 Å². The first-order chi connectivity index (χ1) is 12.7. The van der Waals surface area contributed by atoms with E-state index in [2.05, 4.69) is 16.2 Å². The van der Waals surface area contributed by atoms with Gasteiger partial charge in [-0.15, -0.1) is 0 Å². The lowest BCUT2D eigenvalue weighted by Crippen LogP contribution is -2.08. The zero-order valence-corrected chi connectivity index (χ0v) is 14.2. The van der Waals surface area contributed by atoms with Gasteiger partial charge in [-0.05, 0) is 37.3 Å². The molecular weight excluding hydrogens is 328 g/mol. The summed E-state index contributed by atoms with van der Waals surface area (Å²) in [5.41, 5.74) is 2.31. The Labute approximate surface area is 151 Å². The number of nitrogens with zero attached hydrogens (tertiary/aromatic N) is 4. The lowest BCUT2D eigenvalue weighted by atomic mass is 10.1. The van der Waals surface area contributed by atoms with Gasteiger partial charge in [0.15, 0.2) is 5.69 Å². The Morgan fingerprint density at radius 3 is 2.65 bits per heavy atom. The lowest BCUT2D eigenvalue weighted by Gasteiger charge is -2.00. The van der Waals surface area contributed by atoms with Crippen molar-refractivity contribution in [3.63, 3.8) is 0 Å². The van der Waals surface area contributed by atoms with Gasteiger partial charge in [0.25, 0.3) is 0 Å². The van der Waals surface area contributed by atoms with Crippen LogP contribution in [0.25, 0.3) is 17.3 Å². The second kappa shape index (κ2) is 7.90. The number of benzene rings is 1. The molecule has 6 heteroatoms. The molecular formula is C20H16N4O2. The summed E-state index contributed by atoms with van der Waals surface area (Å²) < 4.78 is 6.68. The van der Waals surface area contributed by atoms with E-state index in [9.17, 15) is 10.1 Å². The number of para-hydroxylation sites is 1. The normalized spacial score (nSPS) is 11.0. The molecule has 1 aromatic carbocycles. The van der Waals surface area contributed by atoms with E-state index < -0.39 is 5.97 Å². The van der Waals surface area contributed by atoms with Gasteiger partial charge in [-0.2, -0.15) is 10.4 Å². The predicted octanol–water partition coefficient (Wildman–Crippen LogP) is 3.51. The van der Waals surface area contributed by atoms with Crippen LogP contribution in [0.1, 0.15) is 28.7 Å². The van der Waals surface area contributed by atoms with E-state index >= 15 is 0 Å². The quantitative estimate of drug-likeness (QED) is 0.522. The van der Waals surface area contributed by atoms with Crippen LogP contribution >= 0.6 is 0 Å². The van der Waals surface area contributed by atoms with E-state index in [1.54, 1.807) is 48.3 Å². The van der Waals surface area contributed by atoms with Crippen molar-refractivity contribution in [2.24, 2.45) is 0 Å². The van der Waals surface area contributed by atoms with Crippen LogP contribution in [0.3, 0.4) is 0 Å². The topological polar surface area (TPSA) is 80.8 Å². The molecule has 0 saturated carbocycles. The summed E-state index contributed by atoms with van der Waals surface area (Å²) in [5.74, 6) is -0.535. The van der Waals surface area contributed by atoms with Gasteiger partial charge in [0.2, 0.25) is 0 Å². The highest BCUT2D eigenvalue weighted by molar-refractivity contribution is 5.96. The molecule has 0 saturated heterocycles. The van der Waals surface area contributed by atoms with E-state index in [1.807, 2.05) is 30.3 Å². The van der Waals surface area contributed by atoms with Crippen molar-refractivity contribution in [2.45, 2.75) is 6.92 Å². The van der Waals surface area contributed by atoms with Crippen molar-refractivity contribution in [3.8, 4) is 11.8 Å². The Bertz CT molecular complexity index is 970. The minimum atomic E-state index is -0.535. The van der Waals surface area contributed by atoms with Crippen LogP contribution in [0.5, 0.6) is 0 Å². The number of pyridine rings is 1. The average Bonchev–Trinajstić information content (AvgIpc) is 3.12. The standard InChI is InChI=1S/C20H16N4O2/c1-2-26-20(25)19-16(12-15(13-21)18-10-6-7-11-22-18)14-24(23-19)17-8-4-3-5-9-17/h3-12,14H,2H2,1H3/b15-12-. The monoisotopic (exact) mass is 344 g/mol. The summed E-state index contributed by atoms with van der Waals surface area (Å²) in [5, 5.41) is 13.8. The third kappa shape index (κ3) is 3.68. The van der Waals surface area contributed by atoms with E-state index in [0.29, 0.717) is 16.8 Å². The first-order valence-corrected chi connectivity index (χ1v) is 8.08. The number of allylic oxidation sites excluding steroid dienone is 1. The molecule has 0 amide bonds. The number of aromatic nitrogens is 3. The molecule has 2 heterocycles. The maximum absolute atomic E-state index is 12.3. The van der Waals surface area contributed by atoms with Gasteiger partial charge in [0, 0.05) is 18.0 Å². The van der Waals surface area contributed by atoms with Crippen molar-refractivity contribution in [3.05, 3.63) is 77.9 Å². The van der Waals surface area contributed by atoms with Gasteiger partial charge < -0.3 is 4.74 Å². The molecule has 6 nitrogen and oxygen atoms in total. The van der Waals surface area contributed by atoms with Crippen molar-refractivity contribution >= 4 is 17.6 Å². The fraction of sp³-hybridized carbons (Fsp3) is 0.100. The van der Waals surface area contributed by atoms with Gasteiger partial charge in [-0.3, -0.25) is 4.98 Å². The second-order valence-corrected chi connectivity index (χ2v) is 5.32. The molecule has 3 aromatic rings.